The van der Waals surface area contributed by atoms with Gasteiger partial charge in [-0.3, -0.25) is 38.6 Å². The van der Waals surface area contributed by atoms with Crippen molar-refractivity contribution in [1.82, 2.24) is 9.80 Å². The maximum Gasteiger partial charge on any atom is 0.333 e. The Balaban J connectivity index is 3.54. The lowest BCUT2D eigenvalue weighted by Gasteiger charge is -2.32. The normalized spacial score (nSPS) is 16.7. The molecule has 4 amide bonds. The van der Waals surface area contributed by atoms with Crippen molar-refractivity contribution < 1.29 is 52.5 Å². The summed E-state index contributed by atoms with van der Waals surface area (Å²) in [6.45, 7) is 3.55. The quantitative estimate of drug-likeness (QED) is 0.197. The van der Waals surface area contributed by atoms with Crippen LogP contribution in [0.15, 0.2) is 11.6 Å². The number of carbonyl (C=O) groups is 7. The lowest BCUT2D eigenvalue weighted by molar-refractivity contribution is -0.185. The molecule has 0 unspecified atom stereocenters. The molecule has 0 aromatic heterocycles. The van der Waals surface area contributed by atoms with Crippen molar-refractivity contribution in [2.75, 3.05) is 20.7 Å². The number of ether oxygens (including phenoxy) is 4. The molecule has 32 heavy (non-hydrogen) atoms. The van der Waals surface area contributed by atoms with Gasteiger partial charge in [0.1, 0.15) is 12.2 Å². The second-order valence-electron chi connectivity index (χ2n) is 6.69. The molecule has 1 fully saturated rings. The van der Waals surface area contributed by atoms with Crippen LogP contribution in [0.3, 0.4) is 0 Å². The van der Waals surface area contributed by atoms with E-state index in [1.165, 1.54) is 0 Å². The van der Waals surface area contributed by atoms with Gasteiger partial charge in [-0.05, 0) is 6.08 Å². The minimum absolute atomic E-state index is 0.563. The highest BCUT2D eigenvalue weighted by Gasteiger charge is 2.42. The minimum Gasteiger partial charge on any atom is -0.462 e. The maximum absolute atomic E-state index is 12.5. The van der Waals surface area contributed by atoms with Crippen molar-refractivity contribution >= 4 is 41.7 Å². The second-order valence-corrected chi connectivity index (χ2v) is 6.69. The summed E-state index contributed by atoms with van der Waals surface area (Å²) in [4.78, 5) is 84.5. The average Bonchev–Trinajstić information content (AvgIpc) is 2.68. The zero-order chi connectivity index (χ0) is 24.7. The van der Waals surface area contributed by atoms with Gasteiger partial charge >= 0.3 is 29.9 Å². The summed E-state index contributed by atoms with van der Waals surface area (Å²) in [5.74, 6) is -5.38. The number of hydrogen-bond acceptors (Lipinski definition) is 11. The van der Waals surface area contributed by atoms with E-state index in [0.717, 1.165) is 47.9 Å². The summed E-state index contributed by atoms with van der Waals surface area (Å²) in [5.41, 5.74) is -0.563. The van der Waals surface area contributed by atoms with Crippen molar-refractivity contribution in [2.24, 2.45) is 0 Å². The highest BCUT2D eigenvalue weighted by molar-refractivity contribution is 6.28. The van der Waals surface area contributed by atoms with Gasteiger partial charge in [-0.2, -0.15) is 0 Å². The second kappa shape index (κ2) is 11.0. The summed E-state index contributed by atoms with van der Waals surface area (Å²) >= 11 is 0. The van der Waals surface area contributed by atoms with E-state index < -0.39 is 72.2 Å². The lowest BCUT2D eigenvalue weighted by atomic mass is 10.0. The van der Waals surface area contributed by atoms with E-state index in [1.54, 1.807) is 0 Å². The van der Waals surface area contributed by atoms with Crippen LogP contribution >= 0.6 is 0 Å². The minimum atomic E-state index is -1.63. The van der Waals surface area contributed by atoms with Gasteiger partial charge in [0, 0.05) is 41.8 Å². The Morgan fingerprint density at radius 3 is 1.66 bits per heavy atom. The van der Waals surface area contributed by atoms with Crippen molar-refractivity contribution in [3.05, 3.63) is 11.6 Å². The first kappa shape index (κ1) is 26.3. The zero-order valence-corrected chi connectivity index (χ0v) is 18.4. The van der Waals surface area contributed by atoms with Crippen molar-refractivity contribution in [1.29, 1.82) is 0 Å². The van der Waals surface area contributed by atoms with E-state index in [1.807, 2.05) is 0 Å². The first-order valence-electron chi connectivity index (χ1n) is 9.23. The van der Waals surface area contributed by atoms with E-state index in [9.17, 15) is 33.6 Å². The number of carbonyl (C=O) groups excluding carboxylic acids is 7. The third-order valence-electron chi connectivity index (χ3n) is 4.04. The van der Waals surface area contributed by atoms with Gasteiger partial charge in [-0.25, -0.2) is 4.79 Å². The van der Waals surface area contributed by atoms with Crippen LogP contribution in [0.4, 0.5) is 4.79 Å². The van der Waals surface area contributed by atoms with Gasteiger partial charge in [0.15, 0.2) is 18.3 Å². The highest BCUT2D eigenvalue weighted by atomic mass is 16.6. The SMILES string of the molecule is CC(=O)OC[C@H](OC(C)=O)[C@@H](OC(C)=O)[C@H](C=C1C(=O)N(C)C(=O)N(C)C1=O)OC(C)=O. The molecule has 0 spiro atoms. The Bertz CT molecular complexity index is 837. The molecule has 13 nitrogen and oxygen atoms in total. The van der Waals surface area contributed by atoms with Crippen molar-refractivity contribution in [2.45, 2.75) is 46.0 Å². The van der Waals surface area contributed by atoms with Crippen LogP contribution in [-0.2, 0) is 47.7 Å². The number of urea groups is 1. The predicted molar refractivity (Wildman–Crippen MR) is 102 cm³/mol. The summed E-state index contributed by atoms with van der Waals surface area (Å²) in [6.07, 6.45) is -3.83. The van der Waals surface area contributed by atoms with Crippen molar-refractivity contribution in [3.63, 3.8) is 0 Å². The summed E-state index contributed by atoms with van der Waals surface area (Å²) in [7, 11) is 2.27. The predicted octanol–water partition coefficient (Wildman–Crippen LogP) is -0.679. The van der Waals surface area contributed by atoms with E-state index in [4.69, 9.17) is 18.9 Å². The fourth-order valence-corrected chi connectivity index (χ4v) is 2.70. The molecule has 176 valence electrons. The number of hydrogen-bond donors (Lipinski definition) is 0. The van der Waals surface area contributed by atoms with Crippen LogP contribution in [0.1, 0.15) is 27.7 Å². The zero-order valence-electron chi connectivity index (χ0n) is 18.4. The van der Waals surface area contributed by atoms with E-state index in [2.05, 4.69) is 0 Å². The molecule has 0 aliphatic carbocycles. The third kappa shape index (κ3) is 6.89. The van der Waals surface area contributed by atoms with Gasteiger partial charge in [-0.15, -0.1) is 0 Å². The topological polar surface area (TPSA) is 163 Å². The molecule has 0 aromatic carbocycles. The Morgan fingerprint density at radius 1 is 0.781 bits per heavy atom. The molecule has 13 heteroatoms. The summed E-state index contributed by atoms with van der Waals surface area (Å²) in [6, 6.07) is -0.884. The molecule has 1 aliphatic heterocycles. The molecular formula is C19H24N2O11. The Morgan fingerprint density at radius 2 is 1.25 bits per heavy atom. The maximum atomic E-state index is 12.5. The number of likely N-dealkylation sites (N-methyl/N-ethyl adjacent to an activating group) is 2. The van der Waals surface area contributed by atoms with Crippen LogP contribution < -0.4 is 0 Å². The number of amides is 4. The van der Waals surface area contributed by atoms with Gasteiger partial charge < -0.3 is 18.9 Å². The molecule has 1 heterocycles. The number of rotatable bonds is 8. The fraction of sp³-hybridized carbons (Fsp3) is 0.526. The standard InChI is InChI=1S/C19H24N2O11/c1-9(22)29-8-15(31-11(3)24)16(32-12(4)25)14(30-10(2)23)7-13-17(26)20(5)19(28)21(6)18(13)27/h7,14-16H,8H2,1-6H3/t14-,15-,16-/m0/s1. The number of nitrogens with zero attached hydrogens (tertiary/aromatic N) is 2. The first-order valence-corrected chi connectivity index (χ1v) is 9.23. The monoisotopic (exact) mass is 456 g/mol. The third-order valence-corrected chi connectivity index (χ3v) is 4.04. The Hall–Kier alpha value is -3.77. The van der Waals surface area contributed by atoms with E-state index in [0.29, 0.717) is 9.80 Å². The summed E-state index contributed by atoms with van der Waals surface area (Å²) < 4.78 is 20.2. The summed E-state index contributed by atoms with van der Waals surface area (Å²) in [5, 5.41) is 0. The van der Waals surface area contributed by atoms with Gasteiger partial charge in [0.05, 0.1) is 0 Å². The van der Waals surface area contributed by atoms with Gasteiger partial charge in [0.2, 0.25) is 0 Å². The molecule has 1 rings (SSSR count). The smallest absolute Gasteiger partial charge is 0.333 e. The lowest BCUT2D eigenvalue weighted by Crippen LogP contribution is -2.54. The van der Waals surface area contributed by atoms with Gasteiger partial charge in [0.25, 0.3) is 11.8 Å². The number of imide groups is 2. The molecule has 0 radical (unpaired) electrons. The molecule has 1 aliphatic rings. The molecule has 1 saturated heterocycles. The van der Waals surface area contributed by atoms with Crippen LogP contribution in [0.25, 0.3) is 0 Å². The van der Waals surface area contributed by atoms with Crippen LogP contribution in [-0.4, -0.2) is 90.5 Å². The van der Waals surface area contributed by atoms with E-state index >= 15 is 0 Å². The Labute approximate surface area is 183 Å². The highest BCUT2D eigenvalue weighted by Crippen LogP contribution is 2.21. The van der Waals surface area contributed by atoms with Crippen LogP contribution in [0.2, 0.25) is 0 Å². The van der Waals surface area contributed by atoms with E-state index in [-0.39, 0.29) is 0 Å². The Kier molecular flexibility index (Phi) is 9.05. The molecular weight excluding hydrogens is 432 g/mol. The fourth-order valence-electron chi connectivity index (χ4n) is 2.70. The first-order chi connectivity index (χ1) is 14.8. The molecule has 0 N–H and O–H groups in total. The molecule has 3 atom stereocenters. The van der Waals surface area contributed by atoms with Crippen LogP contribution in [0.5, 0.6) is 0 Å². The average molecular weight is 456 g/mol. The number of esters is 4. The van der Waals surface area contributed by atoms with Crippen molar-refractivity contribution in [3.8, 4) is 0 Å². The van der Waals surface area contributed by atoms with Crippen LogP contribution in [0, 0.1) is 0 Å². The molecule has 0 aromatic rings. The number of barbiturate groups is 1. The largest absolute Gasteiger partial charge is 0.462 e. The van der Waals surface area contributed by atoms with Gasteiger partial charge in [-0.1, -0.05) is 0 Å². The molecule has 0 bridgehead atoms. The molecule has 0 saturated carbocycles.